The van der Waals surface area contributed by atoms with Crippen LogP contribution in [0.4, 0.5) is 28.4 Å². The number of para-hydroxylation sites is 2. The molecule has 0 aromatic heterocycles. The van der Waals surface area contributed by atoms with Crippen LogP contribution >= 0.6 is 0 Å². The van der Waals surface area contributed by atoms with Crippen molar-refractivity contribution in [1.82, 2.24) is 0 Å². The first kappa shape index (κ1) is 28.9. The highest BCUT2D eigenvalue weighted by Crippen LogP contribution is 2.40. The zero-order valence-corrected chi connectivity index (χ0v) is 26.2. The third-order valence-corrected chi connectivity index (χ3v) is 8.56. The number of nitrogens with zero attached hydrogens (tertiary/aromatic N) is 2. The molecule has 0 fully saturated rings. The molecule has 0 saturated carbocycles. The Hall–Kier alpha value is -5.86. The highest BCUT2D eigenvalue weighted by Gasteiger charge is 2.18. The number of allylic oxidation sites excluding steroid dienone is 1. The van der Waals surface area contributed by atoms with Gasteiger partial charge in [0.05, 0.1) is 5.69 Å². The summed E-state index contributed by atoms with van der Waals surface area (Å²) in [5.41, 5.74) is 11.7. The number of benzene rings is 7. The molecule has 222 valence electrons. The van der Waals surface area contributed by atoms with Crippen molar-refractivity contribution in [3.8, 4) is 11.1 Å². The Morgan fingerprint density at radius 2 is 0.957 bits per heavy atom. The molecule has 0 heterocycles. The van der Waals surface area contributed by atoms with E-state index in [9.17, 15) is 0 Å². The molecule has 0 radical (unpaired) electrons. The Bertz CT molecular complexity index is 2090. The molecule has 0 unspecified atom stereocenters. The summed E-state index contributed by atoms with van der Waals surface area (Å²) >= 11 is 0. The highest BCUT2D eigenvalue weighted by atomic mass is 15.2. The maximum Gasteiger partial charge on any atom is 0.0540 e. The Kier molecular flexibility index (Phi) is 8.17. The lowest BCUT2D eigenvalue weighted by atomic mass is 10.0. The van der Waals surface area contributed by atoms with Crippen molar-refractivity contribution in [3.63, 3.8) is 0 Å². The van der Waals surface area contributed by atoms with Gasteiger partial charge in [0, 0.05) is 39.4 Å². The van der Waals surface area contributed by atoms with Crippen molar-refractivity contribution in [2.75, 3.05) is 9.80 Å². The number of hydrogen-bond acceptors (Lipinski definition) is 2. The average molecular weight is 593 g/mol. The van der Waals surface area contributed by atoms with E-state index in [-0.39, 0.29) is 0 Å². The molecule has 7 rings (SSSR count). The lowest BCUT2D eigenvalue weighted by Crippen LogP contribution is -2.16. The van der Waals surface area contributed by atoms with Crippen LogP contribution in [0.1, 0.15) is 18.1 Å². The predicted molar refractivity (Wildman–Crippen MR) is 197 cm³/mol. The van der Waals surface area contributed by atoms with Crippen LogP contribution in [0.3, 0.4) is 0 Å². The molecule has 2 nitrogen and oxygen atoms in total. The van der Waals surface area contributed by atoms with Crippen LogP contribution < -0.4 is 9.80 Å². The van der Waals surface area contributed by atoms with E-state index in [0.29, 0.717) is 0 Å². The maximum atomic E-state index is 2.34. The second kappa shape index (κ2) is 13.0. The van der Waals surface area contributed by atoms with Crippen LogP contribution in [0.2, 0.25) is 0 Å². The minimum Gasteiger partial charge on any atom is -0.310 e. The van der Waals surface area contributed by atoms with Crippen LogP contribution in [0.25, 0.3) is 27.6 Å². The normalized spacial score (nSPS) is 11.4. The molecule has 0 aliphatic heterocycles. The molecule has 0 bridgehead atoms. The van der Waals surface area contributed by atoms with Crippen molar-refractivity contribution in [2.24, 2.45) is 0 Å². The van der Waals surface area contributed by atoms with Gasteiger partial charge in [0.2, 0.25) is 0 Å². The summed E-state index contributed by atoms with van der Waals surface area (Å²) in [5, 5.41) is 2.45. The summed E-state index contributed by atoms with van der Waals surface area (Å²) in [5.74, 6) is 0. The minimum absolute atomic E-state index is 1.12. The van der Waals surface area contributed by atoms with Gasteiger partial charge in [-0.25, -0.2) is 0 Å². The molecule has 0 aliphatic carbocycles. The summed E-state index contributed by atoms with van der Waals surface area (Å²) in [6.07, 6.45) is 2.20. The number of hydrogen-bond donors (Lipinski definition) is 0. The summed E-state index contributed by atoms with van der Waals surface area (Å²) in [7, 11) is 0. The van der Waals surface area contributed by atoms with Crippen LogP contribution in [0, 0.1) is 6.92 Å². The van der Waals surface area contributed by atoms with E-state index in [1.54, 1.807) is 0 Å². The summed E-state index contributed by atoms with van der Waals surface area (Å²) in [4.78, 5) is 4.69. The second-order valence-electron chi connectivity index (χ2n) is 11.4. The van der Waals surface area contributed by atoms with E-state index in [0.717, 1.165) is 34.1 Å². The van der Waals surface area contributed by atoms with Gasteiger partial charge in [0.25, 0.3) is 0 Å². The molecule has 0 atom stereocenters. The van der Waals surface area contributed by atoms with Gasteiger partial charge in [-0.05, 0) is 90.5 Å². The molecule has 0 N–H and O–H groups in total. The zero-order chi connectivity index (χ0) is 31.3. The number of aryl methyl sites for hydroxylation is 1. The lowest BCUT2D eigenvalue weighted by molar-refractivity contribution is 1.26. The molecule has 0 amide bonds. The van der Waals surface area contributed by atoms with E-state index in [1.807, 2.05) is 0 Å². The van der Waals surface area contributed by atoms with Gasteiger partial charge in [-0.1, -0.05) is 127 Å². The molecule has 0 aliphatic rings. The fourth-order valence-electron chi connectivity index (χ4n) is 6.28. The molecule has 7 aromatic rings. The zero-order valence-electron chi connectivity index (χ0n) is 26.2. The molecule has 2 heteroatoms. The first-order chi connectivity index (χ1) is 22.7. The number of rotatable bonds is 8. The standard InChI is InChI=1S/C44H36N2/c1-3-43(41-22-12-10-15-33(41)2)45(37-18-6-4-7-19-37)39-29-25-34(26-30-39)35-27-31-40(32-28-35)46(38-20-8-5-9-21-38)44-24-14-17-36-16-11-13-23-42(36)44/h3-32H,1-2H3/b43-3+. The third kappa shape index (κ3) is 5.69. The lowest BCUT2D eigenvalue weighted by Gasteiger charge is -2.29. The maximum absolute atomic E-state index is 2.34. The smallest absolute Gasteiger partial charge is 0.0540 e. The molecule has 7 aromatic carbocycles. The van der Waals surface area contributed by atoms with Gasteiger partial charge in [-0.15, -0.1) is 0 Å². The van der Waals surface area contributed by atoms with E-state index in [4.69, 9.17) is 0 Å². The monoisotopic (exact) mass is 592 g/mol. The van der Waals surface area contributed by atoms with Gasteiger partial charge in [0.15, 0.2) is 0 Å². The fraction of sp³-hybridized carbons (Fsp3) is 0.0455. The average Bonchev–Trinajstić information content (AvgIpc) is 3.12. The van der Waals surface area contributed by atoms with E-state index in [1.165, 1.54) is 33.0 Å². The molecule has 0 saturated heterocycles. The van der Waals surface area contributed by atoms with Crippen LogP contribution in [-0.4, -0.2) is 0 Å². The molecular formula is C44H36N2. The van der Waals surface area contributed by atoms with E-state index >= 15 is 0 Å². The Morgan fingerprint density at radius 1 is 0.457 bits per heavy atom. The van der Waals surface area contributed by atoms with Crippen molar-refractivity contribution >= 4 is 44.9 Å². The van der Waals surface area contributed by atoms with Crippen molar-refractivity contribution < 1.29 is 0 Å². The quantitative estimate of drug-likeness (QED) is 0.173. The van der Waals surface area contributed by atoms with Gasteiger partial charge in [0.1, 0.15) is 0 Å². The van der Waals surface area contributed by atoms with Crippen LogP contribution in [-0.2, 0) is 0 Å². The Labute approximate surface area is 272 Å². The fourth-order valence-corrected chi connectivity index (χ4v) is 6.28. The Balaban J connectivity index is 1.24. The topological polar surface area (TPSA) is 6.48 Å². The van der Waals surface area contributed by atoms with Gasteiger partial charge >= 0.3 is 0 Å². The van der Waals surface area contributed by atoms with Crippen LogP contribution in [0.5, 0.6) is 0 Å². The first-order valence-electron chi connectivity index (χ1n) is 15.8. The van der Waals surface area contributed by atoms with Gasteiger partial charge in [-0.2, -0.15) is 0 Å². The number of fused-ring (bicyclic) bond motifs is 1. The van der Waals surface area contributed by atoms with E-state index in [2.05, 4.69) is 206 Å². The molecule has 0 spiro atoms. The Morgan fingerprint density at radius 3 is 1.61 bits per heavy atom. The number of anilines is 5. The third-order valence-electron chi connectivity index (χ3n) is 8.56. The second-order valence-corrected chi connectivity index (χ2v) is 11.4. The van der Waals surface area contributed by atoms with E-state index < -0.39 is 0 Å². The van der Waals surface area contributed by atoms with Crippen molar-refractivity contribution in [3.05, 3.63) is 193 Å². The van der Waals surface area contributed by atoms with Gasteiger partial charge in [-0.3, -0.25) is 0 Å². The van der Waals surface area contributed by atoms with Crippen molar-refractivity contribution in [1.29, 1.82) is 0 Å². The largest absolute Gasteiger partial charge is 0.310 e. The minimum atomic E-state index is 1.12. The summed E-state index contributed by atoms with van der Waals surface area (Å²) in [6, 6.07) is 62.7. The van der Waals surface area contributed by atoms with Gasteiger partial charge < -0.3 is 9.80 Å². The molecular weight excluding hydrogens is 556 g/mol. The SMILES string of the molecule is C/C=C(\c1ccccc1C)N(c1ccccc1)c1ccc(-c2ccc(N(c3ccccc3)c3cccc4ccccc34)cc2)cc1. The molecule has 46 heavy (non-hydrogen) atoms. The first-order valence-corrected chi connectivity index (χ1v) is 15.8. The van der Waals surface area contributed by atoms with Crippen LogP contribution in [0.15, 0.2) is 182 Å². The summed E-state index contributed by atoms with van der Waals surface area (Å²) < 4.78 is 0. The van der Waals surface area contributed by atoms with Crippen molar-refractivity contribution in [2.45, 2.75) is 13.8 Å². The predicted octanol–water partition coefficient (Wildman–Crippen LogP) is 12.5. The highest BCUT2D eigenvalue weighted by molar-refractivity contribution is 5.99. The summed E-state index contributed by atoms with van der Waals surface area (Å²) in [6.45, 7) is 4.29.